The van der Waals surface area contributed by atoms with Gasteiger partial charge in [-0.3, -0.25) is 9.59 Å². The summed E-state index contributed by atoms with van der Waals surface area (Å²) < 4.78 is 29.4. The number of rotatable bonds is 7. The van der Waals surface area contributed by atoms with Crippen molar-refractivity contribution in [3.8, 4) is 11.5 Å². The minimum absolute atomic E-state index is 0.0392. The molecule has 160 valence electrons. The molecule has 0 atom stereocenters. The molecule has 0 saturated carbocycles. The minimum Gasteiger partial charge on any atom is -0.486 e. The molecule has 0 unspecified atom stereocenters. The fourth-order valence-corrected chi connectivity index (χ4v) is 3.81. The highest BCUT2D eigenvalue weighted by Crippen LogP contribution is 2.34. The van der Waals surface area contributed by atoms with Crippen LogP contribution in [0.2, 0.25) is 0 Å². The Labute approximate surface area is 182 Å². The number of carbonyl (C=O) groups is 2. The normalized spacial score (nSPS) is 12.3. The van der Waals surface area contributed by atoms with Crippen LogP contribution >= 0.6 is 11.3 Å². The zero-order valence-electron chi connectivity index (χ0n) is 16.6. The molecule has 0 radical (unpaired) electrons. The lowest BCUT2D eigenvalue weighted by molar-refractivity contribution is -0.147. The van der Waals surface area contributed by atoms with Gasteiger partial charge in [-0.2, -0.15) is 0 Å². The predicted molar refractivity (Wildman–Crippen MR) is 114 cm³/mol. The van der Waals surface area contributed by atoms with Crippen LogP contribution in [-0.2, 0) is 27.3 Å². The molecule has 0 N–H and O–H groups in total. The largest absolute Gasteiger partial charge is 0.486 e. The van der Waals surface area contributed by atoms with E-state index in [-0.39, 0.29) is 18.1 Å². The van der Waals surface area contributed by atoms with Gasteiger partial charge in [-0.25, -0.2) is 4.39 Å². The molecule has 1 aliphatic heterocycles. The Balaban J connectivity index is 1.45. The molecule has 3 aromatic rings. The highest BCUT2D eigenvalue weighted by Gasteiger charge is 2.21. The second-order valence-corrected chi connectivity index (χ2v) is 7.88. The number of fused-ring (bicyclic) bond motifs is 1. The summed E-state index contributed by atoms with van der Waals surface area (Å²) in [4.78, 5) is 27.7. The maximum Gasteiger partial charge on any atom is 0.310 e. The molecular weight excluding hydrogens is 421 g/mol. The highest BCUT2D eigenvalue weighted by atomic mass is 32.1. The molecule has 0 saturated heterocycles. The van der Waals surface area contributed by atoms with E-state index < -0.39 is 12.6 Å². The van der Waals surface area contributed by atoms with E-state index in [1.165, 1.54) is 35.6 Å². The number of nitrogens with zero attached hydrogens (tertiary/aromatic N) is 1. The zero-order valence-corrected chi connectivity index (χ0v) is 17.4. The molecule has 6 nitrogen and oxygen atoms in total. The molecule has 0 aliphatic carbocycles. The van der Waals surface area contributed by atoms with E-state index in [2.05, 4.69) is 0 Å². The highest BCUT2D eigenvalue weighted by molar-refractivity contribution is 7.09. The average molecular weight is 441 g/mol. The molecule has 0 spiro atoms. The lowest BCUT2D eigenvalue weighted by Crippen LogP contribution is -2.34. The second kappa shape index (κ2) is 9.61. The fraction of sp³-hybridized carbons (Fsp3) is 0.217. The van der Waals surface area contributed by atoms with Crippen LogP contribution in [0.5, 0.6) is 11.5 Å². The quantitative estimate of drug-likeness (QED) is 0.519. The summed E-state index contributed by atoms with van der Waals surface area (Å²) in [6.07, 6.45) is -0.0392. The molecule has 0 fully saturated rings. The number of benzene rings is 2. The van der Waals surface area contributed by atoms with E-state index in [0.29, 0.717) is 42.5 Å². The Morgan fingerprint density at radius 1 is 1.03 bits per heavy atom. The van der Waals surface area contributed by atoms with Crippen LogP contribution in [0, 0.1) is 5.82 Å². The van der Waals surface area contributed by atoms with Gasteiger partial charge >= 0.3 is 5.97 Å². The van der Waals surface area contributed by atoms with Crippen molar-refractivity contribution in [2.24, 2.45) is 0 Å². The summed E-state index contributed by atoms with van der Waals surface area (Å²) >= 11 is 1.53. The van der Waals surface area contributed by atoms with Gasteiger partial charge in [-0.05, 0) is 41.3 Å². The third kappa shape index (κ3) is 5.40. The molecule has 0 bridgehead atoms. The summed E-state index contributed by atoms with van der Waals surface area (Å²) in [5.41, 5.74) is 1.23. The van der Waals surface area contributed by atoms with Gasteiger partial charge < -0.3 is 19.1 Å². The number of anilines is 1. The van der Waals surface area contributed by atoms with E-state index in [1.54, 1.807) is 23.1 Å². The van der Waals surface area contributed by atoms with Gasteiger partial charge in [0, 0.05) is 16.6 Å². The van der Waals surface area contributed by atoms with Crippen molar-refractivity contribution in [2.75, 3.05) is 24.7 Å². The number of ether oxygens (including phenoxy) is 3. The molecule has 4 rings (SSSR count). The van der Waals surface area contributed by atoms with Gasteiger partial charge in [0.15, 0.2) is 18.1 Å². The Kier molecular flexibility index (Phi) is 6.47. The first kappa shape index (κ1) is 20.9. The van der Waals surface area contributed by atoms with E-state index in [9.17, 15) is 14.0 Å². The number of hydrogen-bond donors (Lipinski definition) is 0. The first-order chi connectivity index (χ1) is 15.1. The average Bonchev–Trinajstić information content (AvgIpc) is 3.30. The summed E-state index contributed by atoms with van der Waals surface area (Å²) in [7, 11) is 0. The van der Waals surface area contributed by atoms with E-state index in [4.69, 9.17) is 14.2 Å². The molecule has 1 amide bonds. The van der Waals surface area contributed by atoms with Crippen molar-refractivity contribution in [1.29, 1.82) is 0 Å². The maximum atomic E-state index is 13.0. The van der Waals surface area contributed by atoms with Gasteiger partial charge in [-0.1, -0.05) is 18.2 Å². The van der Waals surface area contributed by atoms with Crippen molar-refractivity contribution >= 4 is 28.9 Å². The molecule has 2 aromatic carbocycles. The maximum absolute atomic E-state index is 13.0. The predicted octanol–water partition coefficient (Wildman–Crippen LogP) is 3.98. The van der Waals surface area contributed by atoms with Gasteiger partial charge in [0.25, 0.3) is 5.91 Å². The van der Waals surface area contributed by atoms with Crippen LogP contribution in [0.15, 0.2) is 60.0 Å². The van der Waals surface area contributed by atoms with Crippen LogP contribution in [0.25, 0.3) is 0 Å². The summed E-state index contributed by atoms with van der Waals surface area (Å²) in [5, 5.41) is 1.94. The van der Waals surface area contributed by atoms with Gasteiger partial charge in [0.1, 0.15) is 19.0 Å². The zero-order chi connectivity index (χ0) is 21.6. The molecule has 1 aromatic heterocycles. The fourth-order valence-electron chi connectivity index (χ4n) is 3.12. The first-order valence-corrected chi connectivity index (χ1v) is 10.6. The van der Waals surface area contributed by atoms with E-state index in [1.807, 2.05) is 17.5 Å². The van der Waals surface area contributed by atoms with Crippen molar-refractivity contribution in [1.82, 2.24) is 0 Å². The second-order valence-electron chi connectivity index (χ2n) is 6.85. The Morgan fingerprint density at radius 2 is 1.81 bits per heavy atom. The van der Waals surface area contributed by atoms with Gasteiger partial charge in [-0.15, -0.1) is 11.3 Å². The lowest BCUT2D eigenvalue weighted by atomic mass is 10.1. The molecular formula is C23H20FNO5S. The van der Waals surface area contributed by atoms with Crippen LogP contribution in [0.1, 0.15) is 10.4 Å². The van der Waals surface area contributed by atoms with Crippen LogP contribution in [0.4, 0.5) is 10.1 Å². The van der Waals surface area contributed by atoms with E-state index >= 15 is 0 Å². The van der Waals surface area contributed by atoms with E-state index in [0.717, 1.165) is 4.88 Å². The standard InChI is InChI=1S/C23H20FNO5S/c24-17-5-3-16(4-6-17)12-23(27)30-15-22(26)25(14-19-2-1-11-31-19)18-7-8-20-21(13-18)29-10-9-28-20/h1-8,11,13H,9-10,12,14-15H2. The SMILES string of the molecule is O=C(Cc1ccc(F)cc1)OCC(=O)N(Cc1cccs1)c1ccc2c(c1)OCCO2. The lowest BCUT2D eigenvalue weighted by Gasteiger charge is -2.25. The third-order valence-electron chi connectivity index (χ3n) is 4.65. The monoisotopic (exact) mass is 441 g/mol. The number of thiophene rings is 1. The summed E-state index contributed by atoms with van der Waals surface area (Å²) in [5.74, 6) is -0.100. The number of carbonyl (C=O) groups excluding carboxylic acids is 2. The summed E-state index contributed by atoms with van der Waals surface area (Å²) in [6, 6.07) is 14.7. The van der Waals surface area contributed by atoms with Crippen LogP contribution in [-0.4, -0.2) is 31.7 Å². The number of esters is 1. The topological polar surface area (TPSA) is 65.1 Å². The number of amides is 1. The molecule has 2 heterocycles. The number of halogens is 1. The summed E-state index contributed by atoms with van der Waals surface area (Å²) in [6.45, 7) is 0.857. The van der Waals surface area contributed by atoms with Crippen molar-refractivity contribution in [3.63, 3.8) is 0 Å². The smallest absolute Gasteiger partial charge is 0.310 e. The van der Waals surface area contributed by atoms with Crippen molar-refractivity contribution < 1.29 is 28.2 Å². The Morgan fingerprint density at radius 3 is 2.55 bits per heavy atom. The molecule has 1 aliphatic rings. The minimum atomic E-state index is -0.557. The van der Waals surface area contributed by atoms with Crippen molar-refractivity contribution in [2.45, 2.75) is 13.0 Å². The van der Waals surface area contributed by atoms with Crippen LogP contribution in [0.3, 0.4) is 0 Å². The Bertz CT molecular complexity index is 1050. The van der Waals surface area contributed by atoms with Crippen LogP contribution < -0.4 is 14.4 Å². The molecule has 31 heavy (non-hydrogen) atoms. The van der Waals surface area contributed by atoms with Crippen molar-refractivity contribution in [3.05, 3.63) is 76.2 Å². The third-order valence-corrected chi connectivity index (χ3v) is 5.51. The first-order valence-electron chi connectivity index (χ1n) is 9.71. The molecule has 8 heteroatoms. The Hall–Kier alpha value is -3.39. The van der Waals surface area contributed by atoms with Gasteiger partial charge in [0.2, 0.25) is 0 Å². The van der Waals surface area contributed by atoms with Gasteiger partial charge in [0.05, 0.1) is 13.0 Å². The number of hydrogen-bond acceptors (Lipinski definition) is 6.